The molecule has 1 aliphatic heterocycles. The standard InChI is InChI=1S/C11H22N4O2/c1-8-7-14(4)5-6-15(8)9(2)10(16)13-11(17)12-3/h8-9H,5-7H2,1-4H3,(H2,12,13,16,17)/t8-,9-/m1/s1. The Morgan fingerprint density at radius 2 is 2.00 bits per heavy atom. The number of hydrogen-bond donors (Lipinski definition) is 2. The number of amides is 3. The van der Waals surface area contributed by atoms with Gasteiger partial charge in [-0.1, -0.05) is 0 Å². The van der Waals surface area contributed by atoms with Crippen molar-refractivity contribution in [1.82, 2.24) is 20.4 Å². The number of imide groups is 1. The van der Waals surface area contributed by atoms with Gasteiger partial charge in [-0.25, -0.2) is 4.79 Å². The highest BCUT2D eigenvalue weighted by Gasteiger charge is 2.29. The molecular formula is C11H22N4O2. The highest BCUT2D eigenvalue weighted by Crippen LogP contribution is 2.11. The first-order valence-corrected chi connectivity index (χ1v) is 5.92. The number of nitrogens with zero attached hydrogens (tertiary/aromatic N) is 2. The molecule has 1 heterocycles. The zero-order chi connectivity index (χ0) is 13.0. The normalized spacial score (nSPS) is 24.1. The van der Waals surface area contributed by atoms with Crippen LogP contribution in [0.1, 0.15) is 13.8 Å². The Labute approximate surface area is 102 Å². The van der Waals surface area contributed by atoms with E-state index in [1.54, 1.807) is 0 Å². The molecule has 1 aliphatic rings. The lowest BCUT2D eigenvalue weighted by atomic mass is 10.1. The summed E-state index contributed by atoms with van der Waals surface area (Å²) < 4.78 is 0. The van der Waals surface area contributed by atoms with Gasteiger partial charge >= 0.3 is 6.03 Å². The molecule has 1 saturated heterocycles. The van der Waals surface area contributed by atoms with E-state index >= 15 is 0 Å². The molecule has 0 bridgehead atoms. The van der Waals surface area contributed by atoms with Gasteiger partial charge in [0.2, 0.25) is 5.91 Å². The number of urea groups is 1. The van der Waals surface area contributed by atoms with Gasteiger partial charge in [0.1, 0.15) is 0 Å². The molecule has 0 radical (unpaired) electrons. The van der Waals surface area contributed by atoms with Crippen LogP contribution in [0.2, 0.25) is 0 Å². The van der Waals surface area contributed by atoms with Crippen LogP contribution in [0.25, 0.3) is 0 Å². The Balaban J connectivity index is 2.54. The molecule has 0 aromatic rings. The summed E-state index contributed by atoms with van der Waals surface area (Å²) in [7, 11) is 3.56. The van der Waals surface area contributed by atoms with Crippen molar-refractivity contribution in [1.29, 1.82) is 0 Å². The number of carbonyl (C=O) groups is 2. The fourth-order valence-corrected chi connectivity index (χ4v) is 2.16. The Bertz CT molecular complexity index is 295. The molecule has 0 aliphatic carbocycles. The number of rotatable bonds is 2. The Morgan fingerprint density at radius 1 is 1.35 bits per heavy atom. The molecular weight excluding hydrogens is 220 g/mol. The Hall–Kier alpha value is -1.14. The number of carbonyl (C=O) groups excluding carboxylic acids is 2. The van der Waals surface area contributed by atoms with Gasteiger partial charge in [-0.15, -0.1) is 0 Å². The average Bonchev–Trinajstić information content (AvgIpc) is 2.28. The minimum absolute atomic E-state index is 0.249. The SMILES string of the molecule is CNC(=O)NC(=O)[C@@H](C)N1CCN(C)C[C@H]1C. The van der Waals surface area contributed by atoms with Gasteiger partial charge in [0, 0.05) is 32.7 Å². The van der Waals surface area contributed by atoms with Gasteiger partial charge in [-0.2, -0.15) is 0 Å². The predicted octanol–water partition coefficient (Wildman–Crippen LogP) is -0.534. The van der Waals surface area contributed by atoms with E-state index < -0.39 is 6.03 Å². The lowest BCUT2D eigenvalue weighted by Gasteiger charge is -2.40. The van der Waals surface area contributed by atoms with Gasteiger partial charge in [0.15, 0.2) is 0 Å². The molecule has 0 unspecified atom stereocenters. The molecule has 17 heavy (non-hydrogen) atoms. The van der Waals surface area contributed by atoms with Gasteiger partial charge in [-0.05, 0) is 20.9 Å². The van der Waals surface area contributed by atoms with Crippen LogP contribution in [0.3, 0.4) is 0 Å². The van der Waals surface area contributed by atoms with Crippen LogP contribution < -0.4 is 10.6 Å². The molecule has 0 spiro atoms. The van der Waals surface area contributed by atoms with Crippen LogP contribution in [-0.2, 0) is 4.79 Å². The van der Waals surface area contributed by atoms with E-state index in [4.69, 9.17) is 0 Å². The van der Waals surface area contributed by atoms with Crippen molar-refractivity contribution in [3.05, 3.63) is 0 Å². The van der Waals surface area contributed by atoms with E-state index in [0.29, 0.717) is 6.04 Å². The van der Waals surface area contributed by atoms with Gasteiger partial charge in [0.25, 0.3) is 0 Å². The minimum atomic E-state index is -0.455. The van der Waals surface area contributed by atoms with Crippen molar-refractivity contribution in [2.24, 2.45) is 0 Å². The predicted molar refractivity (Wildman–Crippen MR) is 65.7 cm³/mol. The third-order valence-corrected chi connectivity index (χ3v) is 3.22. The van der Waals surface area contributed by atoms with Crippen molar-refractivity contribution >= 4 is 11.9 Å². The first kappa shape index (κ1) is 13.9. The second-order valence-electron chi connectivity index (χ2n) is 4.59. The molecule has 1 fully saturated rings. The summed E-state index contributed by atoms with van der Waals surface area (Å²) in [6.07, 6.45) is 0. The van der Waals surface area contributed by atoms with Crippen LogP contribution in [-0.4, -0.2) is 67.6 Å². The molecule has 6 heteroatoms. The summed E-state index contributed by atoms with van der Waals surface area (Å²) in [4.78, 5) is 27.2. The molecule has 98 valence electrons. The number of nitrogens with one attached hydrogen (secondary N) is 2. The van der Waals surface area contributed by atoms with Crippen molar-refractivity contribution in [3.63, 3.8) is 0 Å². The molecule has 0 aromatic carbocycles. The summed E-state index contributed by atoms with van der Waals surface area (Å²) in [6.45, 7) is 6.67. The van der Waals surface area contributed by atoms with Crippen LogP contribution >= 0.6 is 0 Å². The molecule has 0 saturated carbocycles. The monoisotopic (exact) mass is 242 g/mol. The van der Waals surface area contributed by atoms with Gasteiger partial charge in [-0.3, -0.25) is 15.0 Å². The van der Waals surface area contributed by atoms with E-state index in [2.05, 4.69) is 34.4 Å². The number of piperazine rings is 1. The maximum atomic E-state index is 11.8. The second kappa shape index (κ2) is 5.97. The quantitative estimate of drug-likeness (QED) is 0.683. The fraction of sp³-hybridized carbons (Fsp3) is 0.818. The van der Waals surface area contributed by atoms with Crippen LogP contribution in [0.4, 0.5) is 4.79 Å². The van der Waals surface area contributed by atoms with Gasteiger partial charge in [0.05, 0.1) is 6.04 Å². The van der Waals surface area contributed by atoms with Crippen LogP contribution in [0, 0.1) is 0 Å². The third-order valence-electron chi connectivity index (χ3n) is 3.22. The molecule has 2 N–H and O–H groups in total. The van der Waals surface area contributed by atoms with Crippen molar-refractivity contribution < 1.29 is 9.59 Å². The summed E-state index contributed by atoms with van der Waals surface area (Å²) in [6, 6.07) is -0.418. The first-order chi connectivity index (χ1) is 7.95. The van der Waals surface area contributed by atoms with Crippen LogP contribution in [0.5, 0.6) is 0 Å². The summed E-state index contributed by atoms with van der Waals surface area (Å²) in [5.41, 5.74) is 0. The number of likely N-dealkylation sites (N-methyl/N-ethyl adjacent to an activating group) is 1. The van der Waals surface area contributed by atoms with E-state index in [-0.39, 0.29) is 11.9 Å². The topological polar surface area (TPSA) is 64.7 Å². The number of hydrogen-bond acceptors (Lipinski definition) is 4. The van der Waals surface area contributed by atoms with Crippen molar-refractivity contribution in [2.75, 3.05) is 33.7 Å². The summed E-state index contributed by atoms with van der Waals surface area (Å²) >= 11 is 0. The molecule has 3 amide bonds. The molecule has 2 atom stereocenters. The maximum absolute atomic E-state index is 11.8. The van der Waals surface area contributed by atoms with Gasteiger partial charge < -0.3 is 10.2 Å². The summed E-state index contributed by atoms with van der Waals surface area (Å²) in [5.74, 6) is -0.249. The first-order valence-electron chi connectivity index (χ1n) is 5.92. The van der Waals surface area contributed by atoms with Crippen molar-refractivity contribution in [2.45, 2.75) is 25.9 Å². The highest BCUT2D eigenvalue weighted by atomic mass is 16.2. The Morgan fingerprint density at radius 3 is 2.53 bits per heavy atom. The smallest absolute Gasteiger partial charge is 0.321 e. The van der Waals surface area contributed by atoms with E-state index in [9.17, 15) is 9.59 Å². The highest BCUT2D eigenvalue weighted by molar-refractivity contribution is 5.96. The lowest BCUT2D eigenvalue weighted by molar-refractivity contribution is -0.126. The lowest BCUT2D eigenvalue weighted by Crippen LogP contribution is -2.58. The maximum Gasteiger partial charge on any atom is 0.321 e. The fourth-order valence-electron chi connectivity index (χ4n) is 2.16. The Kier molecular flexibility index (Phi) is 4.89. The van der Waals surface area contributed by atoms with Crippen molar-refractivity contribution in [3.8, 4) is 0 Å². The molecule has 6 nitrogen and oxygen atoms in total. The minimum Gasteiger partial charge on any atom is -0.341 e. The zero-order valence-corrected chi connectivity index (χ0v) is 11.0. The second-order valence-corrected chi connectivity index (χ2v) is 4.59. The average molecular weight is 242 g/mol. The largest absolute Gasteiger partial charge is 0.341 e. The van der Waals surface area contributed by atoms with Crippen LogP contribution in [0.15, 0.2) is 0 Å². The molecule has 0 aromatic heterocycles. The van der Waals surface area contributed by atoms with E-state index in [1.807, 2.05) is 6.92 Å². The zero-order valence-electron chi connectivity index (χ0n) is 11.0. The van der Waals surface area contributed by atoms with E-state index in [1.165, 1.54) is 7.05 Å². The third kappa shape index (κ3) is 3.67. The summed E-state index contributed by atoms with van der Waals surface area (Å²) in [5, 5.41) is 4.69. The van der Waals surface area contributed by atoms with E-state index in [0.717, 1.165) is 19.6 Å². The molecule has 1 rings (SSSR count).